The summed E-state index contributed by atoms with van der Waals surface area (Å²) in [6, 6.07) is 0. The van der Waals surface area contributed by atoms with E-state index in [1.54, 1.807) is 13.1 Å². The Bertz CT molecular complexity index is 616. The molecule has 0 radical (unpaired) electrons. The Labute approximate surface area is 141 Å². The van der Waals surface area contributed by atoms with Crippen molar-refractivity contribution in [2.45, 2.75) is 33.1 Å². The number of nitrogens with one attached hydrogen (secondary N) is 2. The van der Waals surface area contributed by atoms with Gasteiger partial charge in [0.05, 0.1) is 16.8 Å². The first-order valence-electron chi connectivity index (χ1n) is 7.43. The number of unbranched alkanes of at least 4 members (excludes halogenated alkanes) is 1. The van der Waals surface area contributed by atoms with Gasteiger partial charge in [0.15, 0.2) is 5.17 Å². The van der Waals surface area contributed by atoms with Crippen molar-refractivity contribution < 1.29 is 0 Å². The average Bonchev–Trinajstić information content (AvgIpc) is 2.50. The van der Waals surface area contributed by atoms with Crippen molar-refractivity contribution in [3.05, 3.63) is 11.8 Å². The second kappa shape index (κ2) is 10.6. The highest BCUT2D eigenvalue weighted by Crippen LogP contribution is 2.16. The van der Waals surface area contributed by atoms with Gasteiger partial charge in [0.25, 0.3) is 5.95 Å². The van der Waals surface area contributed by atoms with Crippen molar-refractivity contribution in [3.63, 3.8) is 0 Å². The number of amidine groups is 1. The summed E-state index contributed by atoms with van der Waals surface area (Å²) in [7, 11) is 0. The summed E-state index contributed by atoms with van der Waals surface area (Å²) in [4.78, 5) is 12.6. The third kappa shape index (κ3) is 7.63. The SMILES string of the molecule is CCCNc1nc(N=C(N)SC(C)=N)ncc1C#CCCCN. The van der Waals surface area contributed by atoms with Crippen molar-refractivity contribution in [1.29, 1.82) is 5.41 Å². The van der Waals surface area contributed by atoms with E-state index in [-0.39, 0.29) is 11.1 Å². The highest BCUT2D eigenvalue weighted by atomic mass is 32.2. The fourth-order valence-electron chi connectivity index (χ4n) is 1.52. The molecule has 0 fully saturated rings. The third-order valence-corrected chi connectivity index (χ3v) is 3.12. The molecule has 0 aliphatic heterocycles. The van der Waals surface area contributed by atoms with Crippen LogP contribution in [0.15, 0.2) is 11.2 Å². The predicted molar refractivity (Wildman–Crippen MR) is 98.3 cm³/mol. The van der Waals surface area contributed by atoms with Crippen LogP contribution in [0.1, 0.15) is 38.7 Å². The smallest absolute Gasteiger partial charge is 0.253 e. The minimum atomic E-state index is 0.237. The molecule has 0 atom stereocenters. The van der Waals surface area contributed by atoms with E-state index in [1.807, 2.05) is 0 Å². The van der Waals surface area contributed by atoms with Crippen LogP contribution in [0.5, 0.6) is 0 Å². The van der Waals surface area contributed by atoms with Gasteiger partial charge in [-0.15, -0.1) is 0 Å². The molecule has 0 saturated carbocycles. The van der Waals surface area contributed by atoms with Gasteiger partial charge in [-0.05, 0) is 38.1 Å². The standard InChI is InChI=1S/C15H23N7S/c1-3-9-19-13-12(7-5-4-6-8-16)10-20-15(21-13)22-14(18)23-11(2)17/h10,17H,3-4,6,8-9,16H2,1-2H3,(H3,18,19,20,21,22). The second-order valence-corrected chi connectivity index (χ2v) is 5.90. The third-order valence-electron chi connectivity index (χ3n) is 2.52. The highest BCUT2D eigenvalue weighted by molar-refractivity contribution is 8.26. The zero-order valence-electron chi connectivity index (χ0n) is 13.5. The van der Waals surface area contributed by atoms with Gasteiger partial charge >= 0.3 is 0 Å². The zero-order chi connectivity index (χ0) is 17.1. The minimum Gasteiger partial charge on any atom is -0.378 e. The molecule has 1 aromatic heterocycles. The molecule has 1 rings (SSSR count). The van der Waals surface area contributed by atoms with E-state index in [0.29, 0.717) is 17.4 Å². The number of aliphatic imine (C=N–C) groups is 1. The monoisotopic (exact) mass is 333 g/mol. The first kappa shape index (κ1) is 18.9. The predicted octanol–water partition coefficient (Wildman–Crippen LogP) is 2.07. The molecule has 0 spiro atoms. The maximum Gasteiger partial charge on any atom is 0.253 e. The van der Waals surface area contributed by atoms with Crippen LogP contribution in [0.2, 0.25) is 0 Å². The molecule has 0 saturated heterocycles. The molecule has 0 bridgehead atoms. The number of hydrogen-bond acceptors (Lipinski definition) is 7. The fraction of sp³-hybridized carbons (Fsp3) is 0.467. The summed E-state index contributed by atoms with van der Waals surface area (Å²) < 4.78 is 0. The molecule has 0 aromatic carbocycles. The quantitative estimate of drug-likeness (QED) is 0.273. The molecule has 6 N–H and O–H groups in total. The number of anilines is 1. The zero-order valence-corrected chi connectivity index (χ0v) is 14.3. The molecule has 124 valence electrons. The van der Waals surface area contributed by atoms with E-state index in [0.717, 1.165) is 43.1 Å². The fourth-order valence-corrected chi connectivity index (χ4v) is 1.96. The summed E-state index contributed by atoms with van der Waals surface area (Å²) >= 11 is 1.07. The summed E-state index contributed by atoms with van der Waals surface area (Å²) in [6.07, 6.45) is 4.21. The lowest BCUT2D eigenvalue weighted by Crippen LogP contribution is -2.09. The molecule has 0 aliphatic rings. The number of rotatable bonds is 6. The van der Waals surface area contributed by atoms with Crippen molar-refractivity contribution in [2.75, 3.05) is 18.4 Å². The highest BCUT2D eigenvalue weighted by Gasteiger charge is 2.06. The van der Waals surface area contributed by atoms with E-state index < -0.39 is 0 Å². The summed E-state index contributed by atoms with van der Waals surface area (Å²) in [6.45, 7) is 5.12. The first-order chi connectivity index (χ1) is 11.1. The Hall–Kier alpha value is -2.11. The minimum absolute atomic E-state index is 0.237. The molecule has 0 unspecified atom stereocenters. The van der Waals surface area contributed by atoms with Crippen LogP contribution in [-0.2, 0) is 0 Å². The van der Waals surface area contributed by atoms with Gasteiger partial charge in [-0.2, -0.15) is 9.98 Å². The van der Waals surface area contributed by atoms with Crippen molar-refractivity contribution in [1.82, 2.24) is 9.97 Å². The Morgan fingerprint density at radius 2 is 2.30 bits per heavy atom. The molecule has 0 aliphatic carbocycles. The Kier molecular flexibility index (Phi) is 8.72. The number of hydrogen-bond donors (Lipinski definition) is 4. The van der Waals surface area contributed by atoms with Gasteiger partial charge in [-0.1, -0.05) is 18.8 Å². The summed E-state index contributed by atoms with van der Waals surface area (Å²) in [5.41, 5.74) is 11.9. The topological polar surface area (TPSA) is 126 Å². The van der Waals surface area contributed by atoms with Gasteiger partial charge in [0.1, 0.15) is 5.82 Å². The largest absolute Gasteiger partial charge is 0.378 e. The molecule has 1 aromatic rings. The van der Waals surface area contributed by atoms with E-state index in [2.05, 4.69) is 39.0 Å². The van der Waals surface area contributed by atoms with E-state index in [4.69, 9.17) is 16.9 Å². The van der Waals surface area contributed by atoms with E-state index >= 15 is 0 Å². The summed E-state index contributed by atoms with van der Waals surface area (Å²) in [5, 5.41) is 11.2. The van der Waals surface area contributed by atoms with Gasteiger partial charge in [-0.25, -0.2) is 4.98 Å². The van der Waals surface area contributed by atoms with Crippen molar-refractivity contribution in [2.24, 2.45) is 16.5 Å². The molecule has 1 heterocycles. The van der Waals surface area contributed by atoms with Crippen molar-refractivity contribution in [3.8, 4) is 11.8 Å². The van der Waals surface area contributed by atoms with Crippen LogP contribution >= 0.6 is 11.8 Å². The second-order valence-electron chi connectivity index (χ2n) is 4.66. The van der Waals surface area contributed by atoms with Gasteiger partial charge in [0.2, 0.25) is 0 Å². The maximum atomic E-state index is 7.39. The normalized spacial score (nSPS) is 10.8. The van der Waals surface area contributed by atoms with Crippen LogP contribution in [0.3, 0.4) is 0 Å². The van der Waals surface area contributed by atoms with E-state index in [1.165, 1.54) is 0 Å². The van der Waals surface area contributed by atoms with Gasteiger partial charge < -0.3 is 16.8 Å². The summed E-state index contributed by atoms with van der Waals surface area (Å²) in [5.74, 6) is 7.02. The van der Waals surface area contributed by atoms with Gasteiger partial charge in [-0.3, -0.25) is 5.41 Å². The van der Waals surface area contributed by atoms with Gasteiger partial charge in [0, 0.05) is 13.0 Å². The lowest BCUT2D eigenvalue weighted by Gasteiger charge is -2.07. The number of nitrogens with two attached hydrogens (primary N) is 2. The first-order valence-corrected chi connectivity index (χ1v) is 8.25. The Morgan fingerprint density at radius 3 is 2.96 bits per heavy atom. The molecule has 23 heavy (non-hydrogen) atoms. The molecular weight excluding hydrogens is 310 g/mol. The number of aromatic nitrogens is 2. The maximum absolute atomic E-state index is 7.39. The molecular formula is C15H23N7S. The lowest BCUT2D eigenvalue weighted by molar-refractivity contribution is 0.870. The lowest BCUT2D eigenvalue weighted by atomic mass is 10.2. The number of thioether (sulfide) groups is 1. The van der Waals surface area contributed by atoms with Crippen LogP contribution in [0.4, 0.5) is 11.8 Å². The molecule has 8 heteroatoms. The van der Waals surface area contributed by atoms with Crippen molar-refractivity contribution >= 4 is 33.7 Å². The molecule has 7 nitrogen and oxygen atoms in total. The van der Waals surface area contributed by atoms with E-state index in [9.17, 15) is 0 Å². The van der Waals surface area contributed by atoms with Crippen LogP contribution in [-0.4, -0.2) is 33.3 Å². The number of nitrogens with zero attached hydrogens (tertiary/aromatic N) is 3. The molecule has 0 amide bonds. The van der Waals surface area contributed by atoms with Crippen LogP contribution < -0.4 is 16.8 Å². The average molecular weight is 333 g/mol. The Morgan fingerprint density at radius 1 is 1.52 bits per heavy atom. The van der Waals surface area contributed by atoms with Crippen LogP contribution in [0, 0.1) is 17.3 Å². The Balaban J connectivity index is 2.99. The van der Waals surface area contributed by atoms with Crippen LogP contribution in [0.25, 0.3) is 0 Å².